The number of hydrogen-bond donors (Lipinski definition) is 1. The first-order chi connectivity index (χ1) is 10.6. The highest BCUT2D eigenvalue weighted by molar-refractivity contribution is 7.14. The Kier molecular flexibility index (Phi) is 4.49. The molecule has 1 aromatic heterocycles. The average molecular weight is 321 g/mol. The zero-order valence-corrected chi connectivity index (χ0v) is 14.0. The molecule has 0 radical (unpaired) electrons. The van der Waals surface area contributed by atoms with Crippen molar-refractivity contribution in [2.24, 2.45) is 0 Å². The number of carbonyl (C=O) groups is 2. The number of hydrogen-bond acceptors (Lipinski definition) is 4. The minimum absolute atomic E-state index is 0.119. The highest BCUT2D eigenvalue weighted by Gasteiger charge is 2.32. The number of aryl methyl sites for hydroxylation is 2. The van der Waals surface area contributed by atoms with Gasteiger partial charge in [0.25, 0.3) is 5.91 Å². The van der Waals surface area contributed by atoms with E-state index in [2.05, 4.69) is 12.2 Å². The van der Waals surface area contributed by atoms with Gasteiger partial charge < -0.3 is 15.1 Å². The first-order valence-corrected chi connectivity index (χ1v) is 8.74. The molecule has 1 N–H and O–H groups in total. The molecule has 2 saturated heterocycles. The molecule has 0 saturated carbocycles. The lowest BCUT2D eigenvalue weighted by Gasteiger charge is -2.41. The molecule has 2 amide bonds. The molecule has 0 spiro atoms. The predicted molar refractivity (Wildman–Crippen MR) is 87.3 cm³/mol. The van der Waals surface area contributed by atoms with E-state index < -0.39 is 0 Å². The van der Waals surface area contributed by atoms with Gasteiger partial charge in [-0.05, 0) is 38.3 Å². The van der Waals surface area contributed by atoms with Crippen molar-refractivity contribution in [3.8, 4) is 0 Å². The average Bonchev–Trinajstić information content (AvgIpc) is 2.86. The molecule has 0 aliphatic carbocycles. The zero-order chi connectivity index (χ0) is 15.7. The summed E-state index contributed by atoms with van der Waals surface area (Å²) in [5, 5.41) is 3.10. The number of piperidine rings is 1. The summed E-state index contributed by atoms with van der Waals surface area (Å²) in [6.45, 7) is 7.58. The van der Waals surface area contributed by atoms with E-state index in [9.17, 15) is 9.59 Å². The van der Waals surface area contributed by atoms with Crippen molar-refractivity contribution in [2.75, 3.05) is 32.7 Å². The summed E-state index contributed by atoms with van der Waals surface area (Å²) in [7, 11) is 0. The summed E-state index contributed by atoms with van der Waals surface area (Å²) >= 11 is 1.57. The summed E-state index contributed by atoms with van der Waals surface area (Å²) in [6.07, 6.45) is 1.97. The maximum absolute atomic E-state index is 12.7. The van der Waals surface area contributed by atoms with Crippen LogP contribution in [0.2, 0.25) is 0 Å². The number of carbonyl (C=O) groups excluding carboxylic acids is 2. The monoisotopic (exact) mass is 321 g/mol. The van der Waals surface area contributed by atoms with Gasteiger partial charge in [0, 0.05) is 37.1 Å². The number of thiophene rings is 1. The SMILES string of the molecule is Cc1cc(C(=O)N2CCCC(N3CCNCC3=O)C2)sc1C. The van der Waals surface area contributed by atoms with Crippen molar-refractivity contribution in [3.05, 3.63) is 21.4 Å². The van der Waals surface area contributed by atoms with Gasteiger partial charge in [0.15, 0.2) is 0 Å². The van der Waals surface area contributed by atoms with Gasteiger partial charge in [0.05, 0.1) is 11.4 Å². The third kappa shape index (κ3) is 3.03. The fraction of sp³-hybridized carbons (Fsp3) is 0.625. The van der Waals surface area contributed by atoms with Crippen LogP contribution in [0.4, 0.5) is 0 Å². The second kappa shape index (κ2) is 6.38. The van der Waals surface area contributed by atoms with Crippen LogP contribution in [-0.2, 0) is 4.79 Å². The standard InChI is InChI=1S/C16H23N3O2S/c1-11-8-14(22-12(11)2)16(21)18-6-3-4-13(10-18)19-7-5-17-9-15(19)20/h8,13,17H,3-7,9-10H2,1-2H3. The van der Waals surface area contributed by atoms with Crippen LogP contribution >= 0.6 is 11.3 Å². The molecule has 5 nitrogen and oxygen atoms in total. The van der Waals surface area contributed by atoms with Crippen molar-refractivity contribution < 1.29 is 9.59 Å². The van der Waals surface area contributed by atoms with E-state index in [0.717, 1.165) is 37.4 Å². The predicted octanol–water partition coefficient (Wildman–Crippen LogP) is 1.40. The van der Waals surface area contributed by atoms with Crippen molar-refractivity contribution in [1.82, 2.24) is 15.1 Å². The van der Waals surface area contributed by atoms with Crippen LogP contribution in [0, 0.1) is 13.8 Å². The van der Waals surface area contributed by atoms with Crippen LogP contribution in [-0.4, -0.2) is 60.4 Å². The molecule has 2 fully saturated rings. The topological polar surface area (TPSA) is 52.7 Å². The maximum Gasteiger partial charge on any atom is 0.264 e. The van der Waals surface area contributed by atoms with Gasteiger partial charge >= 0.3 is 0 Å². The quantitative estimate of drug-likeness (QED) is 0.896. The Labute approximate surface area is 135 Å². The molecule has 3 heterocycles. The Balaban J connectivity index is 1.69. The van der Waals surface area contributed by atoms with Gasteiger partial charge in [0.1, 0.15) is 0 Å². The van der Waals surface area contributed by atoms with Gasteiger partial charge in [-0.25, -0.2) is 0 Å². The van der Waals surface area contributed by atoms with Crippen molar-refractivity contribution in [2.45, 2.75) is 32.7 Å². The number of nitrogens with one attached hydrogen (secondary N) is 1. The van der Waals surface area contributed by atoms with Crippen LogP contribution in [0.3, 0.4) is 0 Å². The van der Waals surface area contributed by atoms with Gasteiger partial charge in [0.2, 0.25) is 5.91 Å². The first kappa shape index (κ1) is 15.5. The van der Waals surface area contributed by atoms with Gasteiger partial charge in [-0.15, -0.1) is 11.3 Å². The Morgan fingerprint density at radius 1 is 1.36 bits per heavy atom. The first-order valence-electron chi connectivity index (χ1n) is 7.93. The zero-order valence-electron chi connectivity index (χ0n) is 13.2. The van der Waals surface area contributed by atoms with E-state index in [0.29, 0.717) is 13.1 Å². The maximum atomic E-state index is 12.7. The summed E-state index contributed by atoms with van der Waals surface area (Å²) in [5.74, 6) is 0.279. The minimum Gasteiger partial charge on any atom is -0.336 e. The number of rotatable bonds is 2. The van der Waals surface area contributed by atoms with Gasteiger partial charge in [-0.1, -0.05) is 0 Å². The van der Waals surface area contributed by atoms with E-state index in [4.69, 9.17) is 0 Å². The molecular formula is C16H23N3O2S. The smallest absolute Gasteiger partial charge is 0.264 e. The third-order valence-corrected chi connectivity index (χ3v) is 5.77. The number of piperazine rings is 1. The molecule has 0 bridgehead atoms. The van der Waals surface area contributed by atoms with E-state index in [1.807, 2.05) is 22.8 Å². The fourth-order valence-corrected chi connectivity index (χ4v) is 4.24. The fourth-order valence-electron chi connectivity index (χ4n) is 3.24. The molecule has 22 heavy (non-hydrogen) atoms. The lowest BCUT2D eigenvalue weighted by molar-refractivity contribution is -0.135. The number of amides is 2. The second-order valence-electron chi connectivity index (χ2n) is 6.16. The van der Waals surface area contributed by atoms with Crippen LogP contribution in [0.5, 0.6) is 0 Å². The van der Waals surface area contributed by atoms with Crippen molar-refractivity contribution in [3.63, 3.8) is 0 Å². The normalized spacial score (nSPS) is 23.0. The molecule has 120 valence electrons. The number of nitrogens with zero attached hydrogens (tertiary/aromatic N) is 2. The summed E-state index contributed by atoms with van der Waals surface area (Å²) < 4.78 is 0. The highest BCUT2D eigenvalue weighted by Crippen LogP contribution is 2.24. The Morgan fingerprint density at radius 3 is 2.86 bits per heavy atom. The highest BCUT2D eigenvalue weighted by atomic mass is 32.1. The van der Waals surface area contributed by atoms with Crippen LogP contribution < -0.4 is 5.32 Å². The molecule has 2 aliphatic rings. The van der Waals surface area contributed by atoms with Crippen LogP contribution in [0.25, 0.3) is 0 Å². The van der Waals surface area contributed by atoms with Crippen molar-refractivity contribution in [1.29, 1.82) is 0 Å². The number of likely N-dealkylation sites (tertiary alicyclic amines) is 1. The lowest BCUT2D eigenvalue weighted by Crippen LogP contribution is -2.57. The molecule has 1 atom stereocenters. The lowest BCUT2D eigenvalue weighted by atomic mass is 10.0. The molecule has 0 aromatic carbocycles. The molecular weight excluding hydrogens is 298 g/mol. The molecule has 2 aliphatic heterocycles. The third-order valence-electron chi connectivity index (χ3n) is 4.63. The van der Waals surface area contributed by atoms with Crippen molar-refractivity contribution >= 4 is 23.2 Å². The van der Waals surface area contributed by atoms with E-state index in [1.54, 1.807) is 11.3 Å². The van der Waals surface area contributed by atoms with E-state index >= 15 is 0 Å². The molecule has 1 aromatic rings. The van der Waals surface area contributed by atoms with Gasteiger partial charge in [-0.3, -0.25) is 9.59 Å². The summed E-state index contributed by atoms with van der Waals surface area (Å²) in [5.41, 5.74) is 1.18. The van der Waals surface area contributed by atoms with Gasteiger partial charge in [-0.2, -0.15) is 0 Å². The van der Waals surface area contributed by atoms with Crippen LogP contribution in [0.1, 0.15) is 33.0 Å². The Hall–Kier alpha value is -1.40. The molecule has 3 rings (SSSR count). The van der Waals surface area contributed by atoms with Crippen LogP contribution in [0.15, 0.2) is 6.07 Å². The summed E-state index contributed by atoms with van der Waals surface area (Å²) in [4.78, 5) is 30.7. The van der Waals surface area contributed by atoms with E-state index in [-0.39, 0.29) is 17.9 Å². The Bertz CT molecular complexity index is 564. The molecule has 1 unspecified atom stereocenters. The minimum atomic E-state index is 0.119. The molecule has 6 heteroatoms. The van der Waals surface area contributed by atoms with E-state index in [1.165, 1.54) is 10.4 Å². The summed E-state index contributed by atoms with van der Waals surface area (Å²) in [6, 6.07) is 2.16. The Morgan fingerprint density at radius 2 is 2.18 bits per heavy atom. The largest absolute Gasteiger partial charge is 0.336 e. The second-order valence-corrected chi connectivity index (χ2v) is 7.42.